The van der Waals surface area contributed by atoms with Crippen molar-refractivity contribution in [1.29, 1.82) is 0 Å². The van der Waals surface area contributed by atoms with Crippen LogP contribution in [0.25, 0.3) is 0 Å². The predicted molar refractivity (Wildman–Crippen MR) is 60.3 cm³/mol. The van der Waals surface area contributed by atoms with Crippen LogP contribution in [0.5, 0.6) is 0 Å². The van der Waals surface area contributed by atoms with Crippen LogP contribution in [0.4, 0.5) is 0 Å². The number of amides is 1. The van der Waals surface area contributed by atoms with Crippen LogP contribution >= 0.6 is 0 Å². The van der Waals surface area contributed by atoms with Gasteiger partial charge in [-0.3, -0.25) is 9.59 Å². The molecule has 2 unspecified atom stereocenters. The quantitative estimate of drug-likeness (QED) is 0.750. The molecule has 0 aromatic carbocycles. The Morgan fingerprint density at radius 2 is 1.88 bits per heavy atom. The van der Waals surface area contributed by atoms with Gasteiger partial charge >= 0.3 is 5.97 Å². The predicted octanol–water partition coefficient (Wildman–Crippen LogP) is 0.471. The van der Waals surface area contributed by atoms with E-state index >= 15 is 0 Å². The summed E-state index contributed by atoms with van der Waals surface area (Å²) in [5, 5.41) is 18.9. The van der Waals surface area contributed by atoms with Crippen molar-refractivity contribution in [2.45, 2.75) is 37.7 Å². The summed E-state index contributed by atoms with van der Waals surface area (Å²) in [6.45, 7) is 0.328. The van der Waals surface area contributed by atoms with E-state index in [2.05, 4.69) is 0 Å². The van der Waals surface area contributed by atoms with Gasteiger partial charge in [0.2, 0.25) is 5.91 Å². The molecule has 1 amide bonds. The Morgan fingerprint density at radius 3 is 2.35 bits per heavy atom. The summed E-state index contributed by atoms with van der Waals surface area (Å²) in [6, 6.07) is 0. The average Bonchev–Trinajstić information content (AvgIpc) is 2.95. The normalized spacial score (nSPS) is 30.0. The number of carboxylic acids is 1. The van der Waals surface area contributed by atoms with Crippen LogP contribution in [0.15, 0.2) is 0 Å². The molecule has 2 fully saturated rings. The second-order valence-corrected chi connectivity index (χ2v) is 5.41. The highest BCUT2D eigenvalue weighted by Crippen LogP contribution is 2.40. The lowest BCUT2D eigenvalue weighted by molar-refractivity contribution is -0.142. The molecule has 2 rings (SSSR count). The van der Waals surface area contributed by atoms with E-state index < -0.39 is 17.5 Å². The van der Waals surface area contributed by atoms with Gasteiger partial charge in [-0.2, -0.15) is 0 Å². The molecule has 0 aromatic heterocycles. The van der Waals surface area contributed by atoms with Crippen molar-refractivity contribution in [1.82, 2.24) is 4.90 Å². The fraction of sp³-hybridized carbons (Fsp3) is 0.833. The zero-order valence-electron chi connectivity index (χ0n) is 10.1. The van der Waals surface area contributed by atoms with Crippen molar-refractivity contribution in [3.63, 3.8) is 0 Å². The van der Waals surface area contributed by atoms with Crippen LogP contribution in [0.1, 0.15) is 32.1 Å². The van der Waals surface area contributed by atoms with Crippen LogP contribution in [0.2, 0.25) is 0 Å². The van der Waals surface area contributed by atoms with Gasteiger partial charge in [0.15, 0.2) is 0 Å². The highest BCUT2D eigenvalue weighted by atomic mass is 16.4. The maximum absolute atomic E-state index is 11.9. The number of aliphatic hydroxyl groups is 1. The Hall–Kier alpha value is -1.10. The topological polar surface area (TPSA) is 77.8 Å². The highest BCUT2D eigenvalue weighted by molar-refractivity contribution is 5.89. The van der Waals surface area contributed by atoms with Crippen molar-refractivity contribution in [2.75, 3.05) is 13.6 Å². The molecule has 0 radical (unpaired) electrons. The maximum atomic E-state index is 11.9. The fourth-order valence-electron chi connectivity index (χ4n) is 2.73. The molecule has 0 saturated heterocycles. The SMILES string of the molecule is CN(CC1(O)CCCC1)C(=O)C1CC1C(=O)O. The molecule has 2 N–H and O–H groups in total. The van der Waals surface area contributed by atoms with Gasteiger partial charge in [-0.15, -0.1) is 0 Å². The van der Waals surface area contributed by atoms with Crippen LogP contribution in [-0.2, 0) is 9.59 Å². The molecule has 0 bridgehead atoms. The van der Waals surface area contributed by atoms with E-state index in [0.29, 0.717) is 13.0 Å². The van der Waals surface area contributed by atoms with E-state index in [9.17, 15) is 14.7 Å². The number of carboxylic acid groups (broad SMARTS) is 1. The number of hydrogen-bond acceptors (Lipinski definition) is 3. The van der Waals surface area contributed by atoms with Gasteiger partial charge in [0, 0.05) is 13.6 Å². The molecule has 5 nitrogen and oxygen atoms in total. The first-order valence-corrected chi connectivity index (χ1v) is 6.13. The van der Waals surface area contributed by atoms with E-state index in [0.717, 1.165) is 25.7 Å². The summed E-state index contributed by atoms with van der Waals surface area (Å²) in [5.41, 5.74) is -0.752. The van der Waals surface area contributed by atoms with Crippen molar-refractivity contribution in [3.05, 3.63) is 0 Å². The zero-order valence-corrected chi connectivity index (χ0v) is 10.1. The molecule has 5 heteroatoms. The summed E-state index contributed by atoms with van der Waals surface area (Å²) in [6.07, 6.45) is 3.91. The fourth-order valence-corrected chi connectivity index (χ4v) is 2.73. The van der Waals surface area contributed by atoms with Gasteiger partial charge in [-0.1, -0.05) is 12.8 Å². The molecule has 17 heavy (non-hydrogen) atoms. The van der Waals surface area contributed by atoms with Crippen LogP contribution in [0, 0.1) is 11.8 Å². The Morgan fingerprint density at radius 1 is 1.29 bits per heavy atom. The van der Waals surface area contributed by atoms with E-state index in [1.165, 1.54) is 4.90 Å². The lowest BCUT2D eigenvalue weighted by atomic mass is 10.0. The van der Waals surface area contributed by atoms with Gasteiger partial charge < -0.3 is 15.1 Å². The molecular weight excluding hydrogens is 222 g/mol. The van der Waals surface area contributed by atoms with E-state index in [4.69, 9.17) is 5.11 Å². The largest absolute Gasteiger partial charge is 0.481 e. The van der Waals surface area contributed by atoms with Crippen molar-refractivity contribution in [3.8, 4) is 0 Å². The van der Waals surface area contributed by atoms with Gasteiger partial charge in [-0.25, -0.2) is 0 Å². The summed E-state index contributed by atoms with van der Waals surface area (Å²) >= 11 is 0. The molecule has 0 aliphatic heterocycles. The summed E-state index contributed by atoms with van der Waals surface area (Å²) in [4.78, 5) is 24.1. The molecule has 2 aliphatic rings. The maximum Gasteiger partial charge on any atom is 0.307 e. The first-order valence-electron chi connectivity index (χ1n) is 6.13. The molecule has 96 valence electrons. The Labute approximate surface area is 100 Å². The molecule has 2 aliphatic carbocycles. The minimum absolute atomic E-state index is 0.141. The van der Waals surface area contributed by atoms with Crippen molar-refractivity contribution < 1.29 is 19.8 Å². The van der Waals surface area contributed by atoms with Gasteiger partial charge in [0.1, 0.15) is 0 Å². The van der Waals surface area contributed by atoms with E-state index in [1.807, 2.05) is 0 Å². The molecule has 0 aromatic rings. The number of hydrogen-bond donors (Lipinski definition) is 2. The molecule has 2 atom stereocenters. The van der Waals surface area contributed by atoms with Crippen molar-refractivity contribution in [2.24, 2.45) is 11.8 Å². The third-order valence-electron chi connectivity index (χ3n) is 3.87. The highest BCUT2D eigenvalue weighted by Gasteiger charge is 2.50. The van der Waals surface area contributed by atoms with Crippen LogP contribution in [-0.4, -0.2) is 46.2 Å². The number of carbonyl (C=O) groups is 2. The zero-order chi connectivity index (χ0) is 12.6. The van der Waals surface area contributed by atoms with E-state index in [1.54, 1.807) is 7.05 Å². The second kappa shape index (κ2) is 4.29. The first-order chi connectivity index (χ1) is 7.93. The number of nitrogens with zero attached hydrogens (tertiary/aromatic N) is 1. The smallest absolute Gasteiger partial charge is 0.307 e. The standard InChI is InChI=1S/C12H19NO4/c1-13(7-12(17)4-2-3-5-12)10(14)8-6-9(8)11(15)16/h8-9,17H,2-7H2,1H3,(H,15,16). The van der Waals surface area contributed by atoms with Gasteiger partial charge in [0.05, 0.1) is 17.4 Å². The minimum Gasteiger partial charge on any atom is -0.481 e. The van der Waals surface area contributed by atoms with E-state index in [-0.39, 0.29) is 11.8 Å². The summed E-state index contributed by atoms with van der Waals surface area (Å²) in [7, 11) is 1.65. The lowest BCUT2D eigenvalue weighted by Gasteiger charge is -2.28. The van der Waals surface area contributed by atoms with Crippen LogP contribution < -0.4 is 0 Å². The number of likely N-dealkylation sites (N-methyl/N-ethyl adjacent to an activating group) is 1. The Kier molecular flexibility index (Phi) is 3.12. The summed E-state index contributed by atoms with van der Waals surface area (Å²) < 4.78 is 0. The number of rotatable bonds is 4. The third-order valence-corrected chi connectivity index (χ3v) is 3.87. The second-order valence-electron chi connectivity index (χ2n) is 5.41. The first kappa shape index (κ1) is 12.4. The minimum atomic E-state index is -0.892. The van der Waals surface area contributed by atoms with Gasteiger partial charge in [-0.05, 0) is 19.3 Å². The molecular formula is C12H19NO4. The van der Waals surface area contributed by atoms with Crippen molar-refractivity contribution >= 4 is 11.9 Å². The monoisotopic (exact) mass is 241 g/mol. The molecule has 0 spiro atoms. The molecule has 0 heterocycles. The average molecular weight is 241 g/mol. The lowest BCUT2D eigenvalue weighted by Crippen LogP contribution is -2.42. The Balaban J connectivity index is 1.86. The van der Waals surface area contributed by atoms with Crippen LogP contribution in [0.3, 0.4) is 0 Å². The Bertz CT molecular complexity index is 335. The summed E-state index contributed by atoms with van der Waals surface area (Å²) in [5.74, 6) is -1.92. The number of carbonyl (C=O) groups excluding carboxylic acids is 1. The number of aliphatic carboxylic acids is 1. The van der Waals surface area contributed by atoms with Gasteiger partial charge in [0.25, 0.3) is 0 Å². The molecule has 2 saturated carbocycles. The third kappa shape index (κ3) is 2.60.